The fourth-order valence-electron chi connectivity index (χ4n) is 3.73. The molecule has 0 fully saturated rings. The minimum Gasteiger partial charge on any atom is -0.872 e. The van der Waals surface area contributed by atoms with Crippen LogP contribution in [0, 0.1) is 0 Å². The molecule has 0 aliphatic heterocycles. The number of aromatic nitrogens is 1. The third-order valence-corrected chi connectivity index (χ3v) is 5.05. The molecule has 1 aromatic heterocycles. The molecule has 0 radical (unpaired) electrons. The van der Waals surface area contributed by atoms with Crippen molar-refractivity contribution < 1.29 is 79.0 Å². The van der Waals surface area contributed by atoms with Crippen molar-refractivity contribution >= 4 is 21.7 Å². The van der Waals surface area contributed by atoms with E-state index in [0.717, 1.165) is 43.9 Å². The summed E-state index contributed by atoms with van der Waals surface area (Å²) in [5, 5.41) is 15.5. The van der Waals surface area contributed by atoms with Crippen LogP contribution in [0.25, 0.3) is 43.9 Å². The van der Waals surface area contributed by atoms with E-state index in [4.69, 9.17) is 0 Å². The molecule has 0 atom stereocenters. The van der Waals surface area contributed by atoms with E-state index in [1.54, 1.807) is 6.07 Å². The first-order chi connectivity index (χ1) is 13.3. The number of H-pyrrole nitrogens is 1. The summed E-state index contributed by atoms with van der Waals surface area (Å²) in [5.74, 6) is 0.0407. The van der Waals surface area contributed by atoms with E-state index in [0.29, 0.717) is 0 Å². The molecular formula is C25H17CsNO+. The zero-order chi connectivity index (χ0) is 18.2. The Morgan fingerprint density at radius 2 is 1.32 bits per heavy atom. The molecule has 0 saturated carbocycles. The molecule has 0 aliphatic carbocycles. The number of pyridine rings is 1. The van der Waals surface area contributed by atoms with Crippen molar-refractivity contribution in [3.05, 3.63) is 97.2 Å². The fraction of sp³-hybridized carbons (Fsp3) is 0. The number of hydrogen-bond acceptors (Lipinski definition) is 1. The van der Waals surface area contributed by atoms with Gasteiger partial charge in [0.25, 0.3) is 0 Å². The van der Waals surface area contributed by atoms with Gasteiger partial charge in [0.05, 0.1) is 0 Å². The van der Waals surface area contributed by atoms with Gasteiger partial charge in [0.1, 0.15) is 0 Å². The third kappa shape index (κ3) is 3.54. The maximum absolute atomic E-state index is 12.7. The summed E-state index contributed by atoms with van der Waals surface area (Å²) in [5.41, 5.74) is 5.33. The van der Waals surface area contributed by atoms with Crippen LogP contribution in [0.2, 0.25) is 0 Å². The maximum atomic E-state index is 12.7. The molecule has 28 heavy (non-hydrogen) atoms. The van der Waals surface area contributed by atoms with Gasteiger partial charge >= 0.3 is 68.9 Å². The van der Waals surface area contributed by atoms with Crippen molar-refractivity contribution in [2.45, 2.75) is 0 Å². The summed E-state index contributed by atoms with van der Waals surface area (Å²) in [7, 11) is 0. The number of nitrogens with one attached hydrogen (secondary N) is 1. The van der Waals surface area contributed by atoms with E-state index < -0.39 is 0 Å². The van der Waals surface area contributed by atoms with Gasteiger partial charge in [0.2, 0.25) is 5.52 Å². The first-order valence-electron chi connectivity index (χ1n) is 9.00. The smallest absolute Gasteiger partial charge is 0.872 e. The average Bonchev–Trinajstić information content (AvgIpc) is 2.74. The van der Waals surface area contributed by atoms with Crippen molar-refractivity contribution in [2.24, 2.45) is 0 Å². The molecule has 0 amide bonds. The summed E-state index contributed by atoms with van der Waals surface area (Å²) in [6.07, 6.45) is 1.98. The zero-order valence-electron chi connectivity index (χ0n) is 15.6. The third-order valence-electron chi connectivity index (χ3n) is 5.05. The predicted molar refractivity (Wildman–Crippen MR) is 108 cm³/mol. The first kappa shape index (κ1) is 19.7. The molecule has 0 unspecified atom stereocenters. The van der Waals surface area contributed by atoms with Crippen LogP contribution in [0.1, 0.15) is 0 Å². The Hall–Kier alpha value is -1.60. The largest absolute Gasteiger partial charge is 1.00 e. The molecule has 4 aromatic carbocycles. The van der Waals surface area contributed by atoms with Gasteiger partial charge in [-0.2, -0.15) is 0 Å². The molecular weight excluding hydrogens is 463 g/mol. The van der Waals surface area contributed by atoms with Gasteiger partial charge in [0.15, 0.2) is 6.20 Å². The summed E-state index contributed by atoms with van der Waals surface area (Å²) >= 11 is 0. The Balaban J connectivity index is 0.00000192. The van der Waals surface area contributed by atoms with Crippen molar-refractivity contribution in [2.75, 3.05) is 0 Å². The molecule has 3 heteroatoms. The Labute approximate surface area is 222 Å². The number of hydrogen-bond donors (Lipinski definition) is 0. The van der Waals surface area contributed by atoms with E-state index >= 15 is 0 Å². The molecule has 5 aromatic rings. The van der Waals surface area contributed by atoms with Gasteiger partial charge in [0, 0.05) is 16.3 Å². The summed E-state index contributed by atoms with van der Waals surface area (Å²) in [6.45, 7) is 0. The van der Waals surface area contributed by atoms with E-state index in [1.165, 1.54) is 0 Å². The Morgan fingerprint density at radius 1 is 0.643 bits per heavy atom. The van der Waals surface area contributed by atoms with Gasteiger partial charge < -0.3 is 5.11 Å². The average molecular weight is 480 g/mol. The van der Waals surface area contributed by atoms with Crippen molar-refractivity contribution in [3.8, 4) is 28.0 Å². The summed E-state index contributed by atoms with van der Waals surface area (Å²) in [4.78, 5) is 3.38. The summed E-state index contributed by atoms with van der Waals surface area (Å²) in [6, 6.07) is 30.3. The quantitative estimate of drug-likeness (QED) is 0.357. The molecule has 0 aliphatic rings. The minimum atomic E-state index is 0. The number of aromatic amines is 1. The normalized spacial score (nSPS) is 10.7. The van der Waals surface area contributed by atoms with Crippen LogP contribution < -0.4 is 79.0 Å². The van der Waals surface area contributed by atoms with Crippen molar-refractivity contribution in [3.63, 3.8) is 0 Å². The van der Waals surface area contributed by atoms with E-state index in [9.17, 15) is 5.11 Å². The second kappa shape index (κ2) is 8.41. The van der Waals surface area contributed by atoms with E-state index in [1.807, 2.05) is 48.7 Å². The predicted octanol–water partition coefficient (Wildman–Crippen LogP) is 2.22. The maximum Gasteiger partial charge on any atom is 1.00 e. The van der Waals surface area contributed by atoms with Crippen LogP contribution in [0.5, 0.6) is 5.75 Å². The second-order valence-electron chi connectivity index (χ2n) is 6.68. The molecule has 0 spiro atoms. The monoisotopic (exact) mass is 480 g/mol. The Kier molecular flexibility index (Phi) is 5.92. The first-order valence-corrected chi connectivity index (χ1v) is 9.00. The van der Waals surface area contributed by atoms with Gasteiger partial charge in [-0.25, -0.2) is 4.98 Å². The SMILES string of the molecule is [Cs+].[O-]c1ccc(-c2ccccc2)c2ccc3cc(-c4ccccc4)c[nH+]c3c12. The molecule has 2 nitrogen and oxygen atoms in total. The molecule has 1 heterocycles. The van der Waals surface area contributed by atoms with Crippen molar-refractivity contribution in [1.29, 1.82) is 0 Å². The second-order valence-corrected chi connectivity index (χ2v) is 6.68. The van der Waals surface area contributed by atoms with Crippen molar-refractivity contribution in [1.82, 2.24) is 0 Å². The van der Waals surface area contributed by atoms with Gasteiger partial charge in [-0.05, 0) is 34.2 Å². The number of rotatable bonds is 2. The van der Waals surface area contributed by atoms with Crippen LogP contribution >= 0.6 is 0 Å². The zero-order valence-corrected chi connectivity index (χ0v) is 21.9. The van der Waals surface area contributed by atoms with Crippen LogP contribution in [0.3, 0.4) is 0 Å². The standard InChI is InChI=1S/C25H17NO.Cs/c27-23-14-13-21(18-9-5-2-6-10-18)22-12-11-19-15-20(16-26-25(19)24(22)23)17-7-3-1-4-8-17;/h1-16,27H;/q;+1. The molecule has 1 N–H and O–H groups in total. The van der Waals surface area contributed by atoms with Crippen LogP contribution in [-0.2, 0) is 0 Å². The van der Waals surface area contributed by atoms with Gasteiger partial charge in [-0.1, -0.05) is 84.6 Å². The minimum absolute atomic E-state index is 0. The summed E-state index contributed by atoms with van der Waals surface area (Å²) < 4.78 is 0. The molecule has 0 bridgehead atoms. The van der Waals surface area contributed by atoms with Crippen LogP contribution in [-0.4, -0.2) is 0 Å². The van der Waals surface area contributed by atoms with Gasteiger partial charge in [-0.15, -0.1) is 0 Å². The number of fused-ring (bicyclic) bond motifs is 3. The Bertz CT molecular complexity index is 1270. The molecule has 5 rings (SSSR count). The fourth-order valence-corrected chi connectivity index (χ4v) is 3.73. The van der Waals surface area contributed by atoms with Crippen LogP contribution in [0.4, 0.5) is 0 Å². The molecule has 0 saturated heterocycles. The number of benzene rings is 4. The topological polar surface area (TPSA) is 37.2 Å². The van der Waals surface area contributed by atoms with E-state index in [-0.39, 0.29) is 74.6 Å². The van der Waals surface area contributed by atoms with Gasteiger partial charge in [-0.3, -0.25) is 0 Å². The molecule has 128 valence electrons. The van der Waals surface area contributed by atoms with Crippen LogP contribution in [0.15, 0.2) is 97.2 Å². The van der Waals surface area contributed by atoms with E-state index in [2.05, 4.69) is 47.4 Å². The Morgan fingerprint density at radius 3 is 2.04 bits per heavy atom.